The summed E-state index contributed by atoms with van der Waals surface area (Å²) in [5.41, 5.74) is 1.82. The molecule has 10 heteroatoms. The van der Waals surface area contributed by atoms with Gasteiger partial charge in [-0.2, -0.15) is 0 Å². The first-order chi connectivity index (χ1) is 23.4. The second-order valence-corrected chi connectivity index (χ2v) is 15.1. The minimum Gasteiger partial charge on any atom is -0.504 e. The van der Waals surface area contributed by atoms with Gasteiger partial charge in [-0.3, -0.25) is 9.59 Å². The second kappa shape index (κ2) is 27.1. The number of carbonyl (C=O) groups is 2. The van der Waals surface area contributed by atoms with Crippen molar-refractivity contribution >= 4 is 33.4 Å². The van der Waals surface area contributed by atoms with Crippen LogP contribution in [0.1, 0.15) is 127 Å². The van der Waals surface area contributed by atoms with Gasteiger partial charge in [0.1, 0.15) is 0 Å². The summed E-state index contributed by atoms with van der Waals surface area (Å²) >= 11 is 0. The molecule has 0 aliphatic heterocycles. The third-order valence-corrected chi connectivity index (χ3v) is 10.9. The molecule has 0 fully saturated rings. The van der Waals surface area contributed by atoms with Crippen molar-refractivity contribution in [1.82, 2.24) is 10.6 Å². The smallest absolute Gasteiger partial charge is 0.220 e. The summed E-state index contributed by atoms with van der Waals surface area (Å²) in [4.78, 5) is 24.2. The van der Waals surface area contributed by atoms with Crippen molar-refractivity contribution in [1.29, 1.82) is 0 Å². The van der Waals surface area contributed by atoms with E-state index in [0.29, 0.717) is 37.4 Å². The van der Waals surface area contributed by atoms with E-state index in [2.05, 4.69) is 10.6 Å². The molecule has 0 aromatic heterocycles. The van der Waals surface area contributed by atoms with E-state index in [4.69, 9.17) is 9.47 Å². The first kappa shape index (κ1) is 41.5. The van der Waals surface area contributed by atoms with Crippen LogP contribution in [0.4, 0.5) is 0 Å². The fraction of sp³-hybridized carbons (Fsp3) is 0.632. The van der Waals surface area contributed by atoms with E-state index >= 15 is 0 Å². The van der Waals surface area contributed by atoms with Crippen LogP contribution in [0.3, 0.4) is 0 Å². The van der Waals surface area contributed by atoms with Crippen molar-refractivity contribution in [2.75, 3.05) is 25.7 Å². The fourth-order valence-corrected chi connectivity index (χ4v) is 7.67. The van der Waals surface area contributed by atoms with Gasteiger partial charge >= 0.3 is 0 Å². The average Bonchev–Trinajstić information content (AvgIpc) is 3.09. The molecule has 0 bridgehead atoms. The molecule has 0 aliphatic carbocycles. The lowest BCUT2D eigenvalue weighted by Crippen LogP contribution is -2.22. The van der Waals surface area contributed by atoms with Crippen LogP contribution in [-0.4, -0.2) is 47.8 Å². The maximum Gasteiger partial charge on any atom is 0.220 e. The third kappa shape index (κ3) is 19.9. The molecular weight excluding hydrogens is 645 g/mol. The van der Waals surface area contributed by atoms with E-state index in [9.17, 15) is 19.8 Å². The van der Waals surface area contributed by atoms with Crippen molar-refractivity contribution < 1.29 is 29.3 Å². The predicted octanol–water partition coefficient (Wildman–Crippen LogP) is 9.45. The second-order valence-electron chi connectivity index (χ2n) is 12.4. The summed E-state index contributed by atoms with van der Waals surface area (Å²) in [5.74, 6) is 3.70. The Balaban J connectivity index is 1.25. The monoisotopic (exact) mass is 704 g/mol. The topological polar surface area (TPSA) is 117 Å². The van der Waals surface area contributed by atoms with E-state index in [-0.39, 0.29) is 23.3 Å². The zero-order valence-corrected chi connectivity index (χ0v) is 31.0. The molecule has 0 spiro atoms. The lowest BCUT2D eigenvalue weighted by atomic mass is 10.1. The highest BCUT2D eigenvalue weighted by Crippen LogP contribution is 2.27. The summed E-state index contributed by atoms with van der Waals surface area (Å²) in [6, 6.07) is 10.2. The highest BCUT2D eigenvalue weighted by atomic mass is 33.1. The van der Waals surface area contributed by atoms with Gasteiger partial charge in [0.15, 0.2) is 23.0 Å². The number of phenolic OH excluding ortho intramolecular Hbond substituents is 2. The van der Waals surface area contributed by atoms with Gasteiger partial charge in [-0.25, -0.2) is 0 Å². The SMILES string of the molecule is COc1cc(CNC(=O)CCCCCCCCCCSSCCCCCCCCCCC(=O)NCc2ccc(O)c(OC)c2)ccc1O. The summed E-state index contributed by atoms with van der Waals surface area (Å²) < 4.78 is 10.2. The van der Waals surface area contributed by atoms with Gasteiger partial charge in [0, 0.05) is 37.4 Å². The van der Waals surface area contributed by atoms with Crippen molar-refractivity contribution in [3.8, 4) is 23.0 Å². The summed E-state index contributed by atoms with van der Waals surface area (Å²) in [7, 11) is 7.10. The first-order valence-electron chi connectivity index (χ1n) is 17.9. The number of ether oxygens (including phenoxy) is 2. The zero-order valence-electron chi connectivity index (χ0n) is 29.4. The van der Waals surface area contributed by atoms with Gasteiger partial charge in [0.2, 0.25) is 11.8 Å². The standard InChI is InChI=1S/C38H60N2O6S2/c1-45-35-27-31(21-23-33(35)41)29-39-37(43)19-15-11-7-3-5-9-13-17-25-47-48-26-18-14-10-6-4-8-12-16-20-38(44)40-30-32-22-24-34(42)36(28-32)46-2/h21-24,27-28,41-42H,3-20,25-26,29-30H2,1-2H3,(H,39,43)(H,40,44). The number of amides is 2. The van der Waals surface area contributed by atoms with Crippen LogP contribution in [-0.2, 0) is 22.7 Å². The number of phenols is 2. The van der Waals surface area contributed by atoms with Crippen LogP contribution in [0.15, 0.2) is 36.4 Å². The highest BCUT2D eigenvalue weighted by Gasteiger charge is 2.07. The number of carbonyl (C=O) groups excluding carboxylic acids is 2. The van der Waals surface area contributed by atoms with Crippen molar-refractivity contribution in [2.24, 2.45) is 0 Å². The van der Waals surface area contributed by atoms with Crippen molar-refractivity contribution in [3.05, 3.63) is 47.5 Å². The Kier molecular flexibility index (Phi) is 23.4. The minimum atomic E-state index is 0.0756. The predicted molar refractivity (Wildman–Crippen MR) is 201 cm³/mol. The van der Waals surface area contributed by atoms with E-state index in [1.54, 1.807) is 36.4 Å². The van der Waals surface area contributed by atoms with Crippen LogP contribution < -0.4 is 20.1 Å². The average molecular weight is 705 g/mol. The number of rotatable bonds is 29. The zero-order chi connectivity index (χ0) is 34.7. The van der Waals surface area contributed by atoms with Gasteiger partial charge in [-0.1, -0.05) is 111 Å². The number of aromatic hydroxyl groups is 2. The van der Waals surface area contributed by atoms with Crippen LogP contribution in [0.2, 0.25) is 0 Å². The normalized spacial score (nSPS) is 11.0. The number of methoxy groups -OCH3 is 2. The fourth-order valence-electron chi connectivity index (χ4n) is 5.37. The molecule has 0 atom stereocenters. The van der Waals surface area contributed by atoms with Gasteiger partial charge < -0.3 is 30.3 Å². The molecule has 8 nitrogen and oxygen atoms in total. The lowest BCUT2D eigenvalue weighted by Gasteiger charge is -2.08. The van der Waals surface area contributed by atoms with E-state index in [0.717, 1.165) is 36.8 Å². The van der Waals surface area contributed by atoms with Crippen LogP contribution in [0.5, 0.6) is 23.0 Å². The Labute approximate surface area is 297 Å². The molecule has 2 rings (SSSR count). The molecule has 48 heavy (non-hydrogen) atoms. The van der Waals surface area contributed by atoms with Gasteiger partial charge in [0.25, 0.3) is 0 Å². The molecule has 0 aliphatic rings. The Hall–Kier alpha value is -2.72. The maximum atomic E-state index is 12.1. The molecule has 0 radical (unpaired) electrons. The summed E-state index contributed by atoms with van der Waals surface area (Å²) in [5, 5.41) is 25.2. The Morgan fingerprint density at radius 3 is 1.23 bits per heavy atom. The molecular formula is C38H60N2O6S2. The molecule has 0 saturated carbocycles. The Morgan fingerprint density at radius 1 is 0.542 bits per heavy atom. The molecule has 2 amide bonds. The number of unbranched alkanes of at least 4 members (excludes halogenated alkanes) is 14. The number of benzene rings is 2. The Bertz CT molecular complexity index is 1080. The van der Waals surface area contributed by atoms with Crippen LogP contribution in [0, 0.1) is 0 Å². The molecule has 0 heterocycles. The van der Waals surface area contributed by atoms with E-state index in [1.807, 2.05) is 21.6 Å². The number of hydrogen-bond acceptors (Lipinski definition) is 8. The number of hydrogen-bond donors (Lipinski definition) is 4. The highest BCUT2D eigenvalue weighted by molar-refractivity contribution is 8.76. The quantitative estimate of drug-likeness (QED) is 0.0489. The van der Waals surface area contributed by atoms with Crippen molar-refractivity contribution in [2.45, 2.75) is 129 Å². The van der Waals surface area contributed by atoms with E-state index < -0.39 is 0 Å². The van der Waals surface area contributed by atoms with E-state index in [1.165, 1.54) is 103 Å². The minimum absolute atomic E-state index is 0.0756. The van der Waals surface area contributed by atoms with Gasteiger partial charge in [-0.05, 0) is 61.1 Å². The molecule has 4 N–H and O–H groups in total. The summed E-state index contributed by atoms with van der Waals surface area (Å²) in [6.45, 7) is 0.893. The first-order valence-corrected chi connectivity index (χ1v) is 20.4. The third-order valence-electron chi connectivity index (χ3n) is 8.31. The largest absolute Gasteiger partial charge is 0.504 e. The molecule has 0 saturated heterocycles. The van der Waals surface area contributed by atoms with Crippen LogP contribution in [0.25, 0.3) is 0 Å². The van der Waals surface area contributed by atoms with Gasteiger partial charge in [-0.15, -0.1) is 0 Å². The summed E-state index contributed by atoms with van der Waals surface area (Å²) in [6.07, 6.45) is 20.6. The number of nitrogens with one attached hydrogen (secondary N) is 2. The molecule has 270 valence electrons. The molecule has 2 aromatic carbocycles. The van der Waals surface area contributed by atoms with Crippen LogP contribution >= 0.6 is 21.6 Å². The maximum absolute atomic E-state index is 12.1. The van der Waals surface area contributed by atoms with Gasteiger partial charge in [0.05, 0.1) is 14.2 Å². The van der Waals surface area contributed by atoms with Crippen molar-refractivity contribution in [3.63, 3.8) is 0 Å². The Morgan fingerprint density at radius 2 is 0.875 bits per heavy atom. The molecule has 2 aromatic rings. The molecule has 0 unspecified atom stereocenters. The lowest BCUT2D eigenvalue weighted by molar-refractivity contribution is -0.122.